The van der Waals surface area contributed by atoms with Crippen molar-refractivity contribution in [1.29, 1.82) is 0 Å². The molecule has 3 N–H and O–H groups in total. The van der Waals surface area contributed by atoms with E-state index in [9.17, 15) is 14.0 Å². The number of aldehydes is 1. The lowest BCUT2D eigenvalue weighted by molar-refractivity contribution is -0.123. The molecule has 2 aromatic rings. The zero-order valence-corrected chi connectivity index (χ0v) is 13.3. The van der Waals surface area contributed by atoms with Crippen LogP contribution in [0.15, 0.2) is 42.5 Å². The van der Waals surface area contributed by atoms with Crippen molar-refractivity contribution in [3.05, 3.63) is 65.0 Å². The Kier molecular flexibility index (Phi) is 6.03. The molecule has 0 aliphatic rings. The highest BCUT2D eigenvalue weighted by Crippen LogP contribution is 2.12. The zero-order chi connectivity index (χ0) is 17.5. The predicted octanol–water partition coefficient (Wildman–Crippen LogP) is 1.97. The van der Waals surface area contributed by atoms with Crippen LogP contribution in [0, 0.1) is 12.7 Å². The third-order valence-electron chi connectivity index (χ3n) is 3.42. The fourth-order valence-corrected chi connectivity index (χ4v) is 2.05. The number of hydrogen-bond acceptors (Lipinski definition) is 4. The number of nitrogens with two attached hydrogens (primary N) is 1. The fraction of sp³-hybridized carbons (Fsp3) is 0.222. The first-order valence-electron chi connectivity index (χ1n) is 7.46. The number of carbonyl (C=O) groups excluding carboxylic acids is 2. The lowest BCUT2D eigenvalue weighted by Crippen LogP contribution is -2.44. The maximum atomic E-state index is 13.7. The molecule has 1 amide bonds. The second-order valence-electron chi connectivity index (χ2n) is 5.42. The Morgan fingerprint density at radius 1 is 1.33 bits per heavy atom. The van der Waals surface area contributed by atoms with Crippen LogP contribution in [0.1, 0.15) is 21.5 Å². The van der Waals surface area contributed by atoms with Crippen LogP contribution in [-0.4, -0.2) is 24.8 Å². The standard InChI is InChI=1S/C18H19FN2O3/c1-12-5-6-14(16(19)7-12)9-21-18(23)17(20)11-24-15-4-2-3-13(8-15)10-22/h2-8,10,17H,9,11,20H2,1H3,(H,21,23)/t17-/m0/s1. The third-order valence-corrected chi connectivity index (χ3v) is 3.42. The van der Waals surface area contributed by atoms with E-state index < -0.39 is 11.9 Å². The Morgan fingerprint density at radius 2 is 2.12 bits per heavy atom. The van der Waals surface area contributed by atoms with Crippen LogP contribution in [0.4, 0.5) is 4.39 Å². The van der Waals surface area contributed by atoms with Gasteiger partial charge in [-0.25, -0.2) is 4.39 Å². The minimum Gasteiger partial charge on any atom is -0.491 e. The first kappa shape index (κ1) is 17.6. The van der Waals surface area contributed by atoms with Gasteiger partial charge >= 0.3 is 0 Å². The van der Waals surface area contributed by atoms with Gasteiger partial charge in [0, 0.05) is 17.7 Å². The Hall–Kier alpha value is -2.73. The van der Waals surface area contributed by atoms with Gasteiger partial charge in [0.1, 0.15) is 30.5 Å². The molecule has 0 bridgehead atoms. The Bertz CT molecular complexity index is 734. The monoisotopic (exact) mass is 330 g/mol. The summed E-state index contributed by atoms with van der Waals surface area (Å²) in [5, 5.41) is 2.58. The van der Waals surface area contributed by atoms with Crippen LogP contribution in [0.3, 0.4) is 0 Å². The topological polar surface area (TPSA) is 81.4 Å². The number of hydrogen-bond donors (Lipinski definition) is 2. The molecule has 5 nitrogen and oxygen atoms in total. The minimum atomic E-state index is -0.904. The van der Waals surface area contributed by atoms with Crippen molar-refractivity contribution in [3.8, 4) is 5.75 Å². The van der Waals surface area contributed by atoms with Crippen LogP contribution >= 0.6 is 0 Å². The van der Waals surface area contributed by atoms with Gasteiger partial charge in [-0.05, 0) is 30.7 Å². The van der Waals surface area contributed by atoms with Crippen LogP contribution < -0.4 is 15.8 Å². The normalized spacial score (nSPS) is 11.6. The smallest absolute Gasteiger partial charge is 0.240 e. The van der Waals surface area contributed by atoms with Gasteiger partial charge in [0.25, 0.3) is 0 Å². The van der Waals surface area contributed by atoms with Crippen LogP contribution in [0.25, 0.3) is 0 Å². The van der Waals surface area contributed by atoms with Gasteiger partial charge in [0.2, 0.25) is 5.91 Å². The highest BCUT2D eigenvalue weighted by molar-refractivity contribution is 5.81. The molecule has 0 aromatic heterocycles. The van der Waals surface area contributed by atoms with Crippen molar-refractivity contribution >= 4 is 12.2 Å². The summed E-state index contributed by atoms with van der Waals surface area (Å²) in [6.07, 6.45) is 0.704. The molecule has 0 heterocycles. The molecule has 0 aliphatic heterocycles. The van der Waals surface area contributed by atoms with Crippen molar-refractivity contribution in [1.82, 2.24) is 5.32 Å². The first-order valence-corrected chi connectivity index (χ1v) is 7.46. The number of aryl methyl sites for hydroxylation is 1. The summed E-state index contributed by atoms with van der Waals surface area (Å²) in [4.78, 5) is 22.6. The second-order valence-corrected chi connectivity index (χ2v) is 5.42. The minimum absolute atomic E-state index is 0.0511. The third kappa shape index (κ3) is 4.89. The molecular weight excluding hydrogens is 311 g/mol. The molecule has 2 aromatic carbocycles. The summed E-state index contributed by atoms with van der Waals surface area (Å²) in [6, 6.07) is 10.4. The molecule has 0 unspecified atom stereocenters. The maximum Gasteiger partial charge on any atom is 0.240 e. The van der Waals surface area contributed by atoms with Gasteiger partial charge in [0.15, 0.2) is 0 Å². The second kappa shape index (κ2) is 8.21. The summed E-state index contributed by atoms with van der Waals surface area (Å²) in [7, 11) is 0. The van der Waals surface area contributed by atoms with Gasteiger partial charge in [-0.2, -0.15) is 0 Å². The molecule has 0 fully saturated rings. The first-order chi connectivity index (χ1) is 11.5. The van der Waals surface area contributed by atoms with Gasteiger partial charge in [-0.15, -0.1) is 0 Å². The molecule has 2 rings (SSSR count). The summed E-state index contributed by atoms with van der Waals surface area (Å²) in [6.45, 7) is 1.79. The van der Waals surface area contributed by atoms with Gasteiger partial charge in [0.05, 0.1) is 0 Å². The molecular formula is C18H19FN2O3. The molecule has 24 heavy (non-hydrogen) atoms. The molecule has 0 aliphatic carbocycles. The van der Waals surface area contributed by atoms with E-state index in [-0.39, 0.29) is 19.0 Å². The highest BCUT2D eigenvalue weighted by atomic mass is 19.1. The van der Waals surface area contributed by atoms with Gasteiger partial charge in [-0.1, -0.05) is 24.3 Å². The molecule has 1 atom stereocenters. The van der Waals surface area contributed by atoms with Gasteiger partial charge < -0.3 is 15.8 Å². The largest absolute Gasteiger partial charge is 0.491 e. The fourth-order valence-electron chi connectivity index (χ4n) is 2.05. The summed E-state index contributed by atoms with van der Waals surface area (Å²) >= 11 is 0. The van der Waals surface area contributed by atoms with E-state index in [4.69, 9.17) is 10.5 Å². The van der Waals surface area contributed by atoms with Crippen molar-refractivity contribution in [2.45, 2.75) is 19.5 Å². The number of halogens is 1. The SMILES string of the molecule is Cc1ccc(CNC(=O)[C@@H](N)COc2cccc(C=O)c2)c(F)c1. The summed E-state index contributed by atoms with van der Waals surface area (Å²) in [5.74, 6) is -0.361. The van der Waals surface area contributed by atoms with Crippen molar-refractivity contribution < 1.29 is 18.7 Å². The van der Waals surface area contributed by atoms with E-state index in [1.54, 1.807) is 43.3 Å². The summed E-state index contributed by atoms with van der Waals surface area (Å²) in [5.41, 5.74) is 7.43. The van der Waals surface area contributed by atoms with E-state index in [0.717, 1.165) is 5.56 Å². The molecule has 126 valence electrons. The Labute approximate surface area is 139 Å². The van der Waals surface area contributed by atoms with Crippen molar-refractivity contribution in [2.75, 3.05) is 6.61 Å². The van der Waals surface area contributed by atoms with Crippen molar-refractivity contribution in [3.63, 3.8) is 0 Å². The van der Waals surface area contributed by atoms with Gasteiger partial charge in [-0.3, -0.25) is 9.59 Å². The molecule has 0 radical (unpaired) electrons. The van der Waals surface area contributed by atoms with E-state index in [0.29, 0.717) is 23.2 Å². The quantitative estimate of drug-likeness (QED) is 0.761. The van der Waals surface area contributed by atoms with E-state index in [2.05, 4.69) is 5.32 Å². The van der Waals surface area contributed by atoms with Crippen LogP contribution in [0.2, 0.25) is 0 Å². The molecule has 0 saturated carbocycles. The number of carbonyl (C=O) groups is 2. The molecule has 6 heteroatoms. The average Bonchev–Trinajstić information content (AvgIpc) is 2.58. The number of nitrogens with one attached hydrogen (secondary N) is 1. The Morgan fingerprint density at radius 3 is 2.83 bits per heavy atom. The summed E-state index contributed by atoms with van der Waals surface area (Å²) < 4.78 is 19.1. The van der Waals surface area contributed by atoms with E-state index in [1.807, 2.05) is 0 Å². The van der Waals surface area contributed by atoms with Crippen molar-refractivity contribution in [2.24, 2.45) is 5.73 Å². The number of amides is 1. The highest BCUT2D eigenvalue weighted by Gasteiger charge is 2.15. The lowest BCUT2D eigenvalue weighted by Gasteiger charge is -2.14. The molecule has 0 spiro atoms. The van der Waals surface area contributed by atoms with Crippen LogP contribution in [-0.2, 0) is 11.3 Å². The maximum absolute atomic E-state index is 13.7. The number of ether oxygens (including phenoxy) is 1. The predicted molar refractivity (Wildman–Crippen MR) is 88.3 cm³/mol. The number of rotatable bonds is 7. The Balaban J connectivity index is 1.84. The zero-order valence-electron chi connectivity index (χ0n) is 13.3. The van der Waals surface area contributed by atoms with E-state index >= 15 is 0 Å². The van der Waals surface area contributed by atoms with E-state index in [1.165, 1.54) is 6.07 Å². The molecule has 0 saturated heterocycles. The lowest BCUT2D eigenvalue weighted by atomic mass is 10.1. The van der Waals surface area contributed by atoms with Crippen LogP contribution in [0.5, 0.6) is 5.75 Å². The number of benzene rings is 2. The average molecular weight is 330 g/mol.